The van der Waals surface area contributed by atoms with E-state index in [2.05, 4.69) is 26.2 Å². The molecule has 2 aromatic rings. The Morgan fingerprint density at radius 3 is 2.84 bits per heavy atom. The summed E-state index contributed by atoms with van der Waals surface area (Å²) in [6, 6.07) is 5.85. The molecule has 98 valence electrons. The number of anilines is 1. The fourth-order valence-corrected chi connectivity index (χ4v) is 2.15. The van der Waals surface area contributed by atoms with Crippen LogP contribution in [0.2, 0.25) is 5.15 Å². The van der Waals surface area contributed by atoms with E-state index in [-0.39, 0.29) is 11.1 Å². The summed E-state index contributed by atoms with van der Waals surface area (Å²) in [6.45, 7) is 1.78. The van der Waals surface area contributed by atoms with Crippen LogP contribution in [0.5, 0.6) is 0 Å². The standard InChI is InChI=1S/C13H9BrClFN2O/c1-7-4-9(14)10(16)6-11(7)18-13(19)8-2-3-17-12(15)5-8/h2-6H,1H3,(H,18,19). The molecule has 3 nitrogen and oxygen atoms in total. The fourth-order valence-electron chi connectivity index (χ4n) is 1.52. The highest BCUT2D eigenvalue weighted by atomic mass is 79.9. The van der Waals surface area contributed by atoms with Crippen molar-refractivity contribution in [1.82, 2.24) is 4.98 Å². The number of rotatable bonds is 2. The number of carbonyl (C=O) groups excluding carboxylic acids is 1. The zero-order valence-corrected chi connectivity index (χ0v) is 12.2. The van der Waals surface area contributed by atoms with Gasteiger partial charge in [-0.05, 0) is 52.7 Å². The predicted octanol–water partition coefficient (Wildman–Crippen LogP) is 4.20. The zero-order chi connectivity index (χ0) is 14.0. The average molecular weight is 344 g/mol. The van der Waals surface area contributed by atoms with Gasteiger partial charge in [0.15, 0.2) is 0 Å². The molecule has 1 amide bonds. The summed E-state index contributed by atoms with van der Waals surface area (Å²) < 4.78 is 13.8. The Balaban J connectivity index is 2.27. The Morgan fingerprint density at radius 1 is 1.42 bits per heavy atom. The molecule has 0 aliphatic heterocycles. The van der Waals surface area contributed by atoms with Crippen LogP contribution in [0.25, 0.3) is 0 Å². The number of pyridine rings is 1. The van der Waals surface area contributed by atoms with Gasteiger partial charge < -0.3 is 5.32 Å². The quantitative estimate of drug-likeness (QED) is 0.831. The van der Waals surface area contributed by atoms with Crippen molar-refractivity contribution in [3.8, 4) is 0 Å². The van der Waals surface area contributed by atoms with E-state index in [0.717, 1.165) is 5.56 Å². The predicted molar refractivity (Wildman–Crippen MR) is 76.0 cm³/mol. The lowest BCUT2D eigenvalue weighted by molar-refractivity contribution is 0.102. The van der Waals surface area contributed by atoms with Gasteiger partial charge in [-0.25, -0.2) is 9.37 Å². The van der Waals surface area contributed by atoms with Crippen LogP contribution < -0.4 is 5.32 Å². The van der Waals surface area contributed by atoms with Gasteiger partial charge in [0.25, 0.3) is 5.91 Å². The van der Waals surface area contributed by atoms with Gasteiger partial charge in [-0.3, -0.25) is 4.79 Å². The first kappa shape index (κ1) is 14.0. The average Bonchev–Trinajstić information content (AvgIpc) is 2.36. The first-order chi connectivity index (χ1) is 8.97. The molecular weight excluding hydrogens is 335 g/mol. The van der Waals surface area contributed by atoms with Crippen molar-refractivity contribution in [1.29, 1.82) is 0 Å². The molecule has 0 saturated heterocycles. The molecule has 1 aromatic carbocycles. The number of halogens is 3. The second kappa shape index (κ2) is 5.67. The van der Waals surface area contributed by atoms with Crippen molar-refractivity contribution in [2.45, 2.75) is 6.92 Å². The summed E-state index contributed by atoms with van der Waals surface area (Å²) in [5.74, 6) is -0.803. The van der Waals surface area contributed by atoms with Gasteiger partial charge in [-0.1, -0.05) is 11.6 Å². The first-order valence-electron chi connectivity index (χ1n) is 5.36. The van der Waals surface area contributed by atoms with Gasteiger partial charge in [0, 0.05) is 17.4 Å². The number of benzene rings is 1. The minimum absolute atomic E-state index is 0.228. The smallest absolute Gasteiger partial charge is 0.255 e. The highest BCUT2D eigenvalue weighted by Crippen LogP contribution is 2.24. The van der Waals surface area contributed by atoms with E-state index in [9.17, 15) is 9.18 Å². The van der Waals surface area contributed by atoms with Crippen LogP contribution in [-0.2, 0) is 0 Å². The van der Waals surface area contributed by atoms with Crippen LogP contribution in [0.4, 0.5) is 10.1 Å². The molecule has 1 heterocycles. The number of carbonyl (C=O) groups is 1. The summed E-state index contributed by atoms with van der Waals surface area (Å²) in [5, 5.41) is 2.86. The van der Waals surface area contributed by atoms with Gasteiger partial charge in [-0.2, -0.15) is 0 Å². The highest BCUT2D eigenvalue weighted by molar-refractivity contribution is 9.10. The summed E-state index contributed by atoms with van der Waals surface area (Å²) in [6.07, 6.45) is 1.44. The highest BCUT2D eigenvalue weighted by Gasteiger charge is 2.11. The van der Waals surface area contributed by atoms with E-state index in [0.29, 0.717) is 15.7 Å². The molecule has 1 aromatic heterocycles. The molecule has 2 rings (SSSR count). The van der Waals surface area contributed by atoms with Crippen molar-refractivity contribution in [2.24, 2.45) is 0 Å². The van der Waals surface area contributed by atoms with Crippen LogP contribution in [0, 0.1) is 12.7 Å². The maximum atomic E-state index is 13.4. The molecule has 0 unspecified atom stereocenters. The molecule has 0 bridgehead atoms. The van der Waals surface area contributed by atoms with E-state index in [1.165, 1.54) is 24.4 Å². The minimum atomic E-state index is -0.436. The second-order valence-corrected chi connectivity index (χ2v) is 5.14. The molecule has 0 radical (unpaired) electrons. The number of aromatic nitrogens is 1. The zero-order valence-electron chi connectivity index (χ0n) is 9.88. The SMILES string of the molecule is Cc1cc(Br)c(F)cc1NC(=O)c1ccnc(Cl)c1. The molecule has 1 N–H and O–H groups in total. The molecule has 0 fully saturated rings. The van der Waals surface area contributed by atoms with E-state index < -0.39 is 5.82 Å². The van der Waals surface area contributed by atoms with Crippen LogP contribution in [0.3, 0.4) is 0 Å². The summed E-state index contributed by atoms with van der Waals surface area (Å²) in [7, 11) is 0. The Labute approximate surface area is 122 Å². The number of amides is 1. The summed E-state index contributed by atoms with van der Waals surface area (Å²) >= 11 is 8.80. The van der Waals surface area contributed by atoms with Crippen molar-refractivity contribution in [3.63, 3.8) is 0 Å². The Kier molecular flexibility index (Phi) is 4.17. The monoisotopic (exact) mass is 342 g/mol. The third-order valence-electron chi connectivity index (χ3n) is 2.50. The van der Waals surface area contributed by atoms with Crippen LogP contribution >= 0.6 is 27.5 Å². The Bertz CT molecular complexity index is 649. The van der Waals surface area contributed by atoms with Crippen LogP contribution in [0.15, 0.2) is 34.9 Å². The molecular formula is C13H9BrClFN2O. The molecule has 0 aliphatic carbocycles. The third-order valence-corrected chi connectivity index (χ3v) is 3.32. The molecule has 6 heteroatoms. The maximum Gasteiger partial charge on any atom is 0.255 e. The van der Waals surface area contributed by atoms with Gasteiger partial charge in [0.05, 0.1) is 4.47 Å². The number of nitrogens with one attached hydrogen (secondary N) is 1. The van der Waals surface area contributed by atoms with Crippen molar-refractivity contribution in [2.75, 3.05) is 5.32 Å². The Hall–Kier alpha value is -1.46. The minimum Gasteiger partial charge on any atom is -0.322 e. The van der Waals surface area contributed by atoms with E-state index in [4.69, 9.17) is 11.6 Å². The number of hydrogen-bond acceptors (Lipinski definition) is 2. The van der Waals surface area contributed by atoms with Crippen LogP contribution in [0.1, 0.15) is 15.9 Å². The molecule has 0 spiro atoms. The third kappa shape index (κ3) is 3.30. The Morgan fingerprint density at radius 2 is 2.16 bits per heavy atom. The van der Waals surface area contributed by atoms with E-state index in [1.54, 1.807) is 13.0 Å². The number of aryl methyl sites for hydroxylation is 1. The van der Waals surface area contributed by atoms with Crippen molar-refractivity contribution >= 4 is 39.1 Å². The first-order valence-corrected chi connectivity index (χ1v) is 6.53. The van der Waals surface area contributed by atoms with Gasteiger partial charge in [0.1, 0.15) is 11.0 Å². The second-order valence-electron chi connectivity index (χ2n) is 3.90. The van der Waals surface area contributed by atoms with Gasteiger partial charge >= 0.3 is 0 Å². The lowest BCUT2D eigenvalue weighted by Gasteiger charge is -2.09. The number of hydrogen-bond donors (Lipinski definition) is 1. The van der Waals surface area contributed by atoms with Gasteiger partial charge in [-0.15, -0.1) is 0 Å². The maximum absolute atomic E-state index is 13.4. The summed E-state index contributed by atoms with van der Waals surface area (Å²) in [5.41, 5.74) is 1.53. The molecule has 0 atom stereocenters. The number of nitrogens with zero attached hydrogens (tertiary/aromatic N) is 1. The fraction of sp³-hybridized carbons (Fsp3) is 0.0769. The summed E-state index contributed by atoms with van der Waals surface area (Å²) in [4.78, 5) is 15.8. The van der Waals surface area contributed by atoms with Crippen LogP contribution in [-0.4, -0.2) is 10.9 Å². The lowest BCUT2D eigenvalue weighted by Crippen LogP contribution is -2.13. The normalized spacial score (nSPS) is 10.3. The van der Waals surface area contributed by atoms with Crippen molar-refractivity contribution < 1.29 is 9.18 Å². The largest absolute Gasteiger partial charge is 0.322 e. The molecule has 0 aliphatic rings. The van der Waals surface area contributed by atoms with Crippen molar-refractivity contribution in [3.05, 3.63) is 57.0 Å². The van der Waals surface area contributed by atoms with E-state index in [1.807, 2.05) is 0 Å². The lowest BCUT2D eigenvalue weighted by atomic mass is 10.2. The van der Waals surface area contributed by atoms with Gasteiger partial charge in [0.2, 0.25) is 0 Å². The van der Waals surface area contributed by atoms with E-state index >= 15 is 0 Å². The molecule has 19 heavy (non-hydrogen) atoms. The topological polar surface area (TPSA) is 42.0 Å². The molecule has 0 saturated carbocycles.